The first-order valence-corrected chi connectivity index (χ1v) is 6.74. The number of hydrogen-bond acceptors (Lipinski definition) is 2. The van der Waals surface area contributed by atoms with E-state index in [1.807, 2.05) is 43.3 Å². The Balaban J connectivity index is 2.02. The second-order valence-electron chi connectivity index (χ2n) is 5.20. The molecule has 0 spiro atoms. The van der Waals surface area contributed by atoms with Crippen molar-refractivity contribution in [2.24, 2.45) is 0 Å². The van der Waals surface area contributed by atoms with Crippen LogP contribution in [-0.2, 0) is 0 Å². The minimum absolute atomic E-state index is 0.319. The average Bonchev–Trinajstić information content (AvgIpc) is 3.22. The van der Waals surface area contributed by atoms with Crippen LogP contribution in [-0.4, -0.2) is 17.2 Å². The summed E-state index contributed by atoms with van der Waals surface area (Å²) in [4.78, 5) is 11.3. The lowest BCUT2D eigenvalue weighted by Gasteiger charge is -2.10. The van der Waals surface area contributed by atoms with Crippen LogP contribution in [0.25, 0.3) is 11.1 Å². The summed E-state index contributed by atoms with van der Waals surface area (Å²) >= 11 is 0. The van der Waals surface area contributed by atoms with Gasteiger partial charge in [-0.1, -0.05) is 29.8 Å². The van der Waals surface area contributed by atoms with Crippen LogP contribution < -0.4 is 4.74 Å². The smallest absolute Gasteiger partial charge is 0.336 e. The highest BCUT2D eigenvalue weighted by Crippen LogP contribution is 2.31. The Morgan fingerprint density at radius 2 is 2.00 bits per heavy atom. The molecule has 1 N–H and O–H groups in total. The van der Waals surface area contributed by atoms with Gasteiger partial charge in [0.05, 0.1) is 11.7 Å². The fraction of sp³-hybridized carbons (Fsp3) is 0.235. The van der Waals surface area contributed by atoms with E-state index in [1.165, 1.54) is 0 Å². The van der Waals surface area contributed by atoms with Crippen molar-refractivity contribution in [3.63, 3.8) is 0 Å². The van der Waals surface area contributed by atoms with Crippen molar-refractivity contribution in [2.45, 2.75) is 25.9 Å². The van der Waals surface area contributed by atoms with Gasteiger partial charge in [-0.15, -0.1) is 0 Å². The van der Waals surface area contributed by atoms with Gasteiger partial charge in [-0.2, -0.15) is 0 Å². The van der Waals surface area contributed by atoms with Crippen molar-refractivity contribution in [1.82, 2.24) is 0 Å². The zero-order valence-electron chi connectivity index (χ0n) is 11.3. The van der Waals surface area contributed by atoms with Crippen LogP contribution in [0, 0.1) is 6.92 Å². The Kier molecular flexibility index (Phi) is 3.18. The fourth-order valence-corrected chi connectivity index (χ4v) is 2.20. The molecular weight excluding hydrogens is 252 g/mol. The molecule has 0 aromatic heterocycles. The van der Waals surface area contributed by atoms with Crippen molar-refractivity contribution in [3.05, 3.63) is 53.6 Å². The topological polar surface area (TPSA) is 46.5 Å². The molecule has 0 aliphatic heterocycles. The molecule has 3 nitrogen and oxygen atoms in total. The maximum Gasteiger partial charge on any atom is 0.336 e. The summed E-state index contributed by atoms with van der Waals surface area (Å²) in [6, 6.07) is 13.0. The molecule has 0 amide bonds. The third-order valence-electron chi connectivity index (χ3n) is 3.38. The Hall–Kier alpha value is -2.29. The lowest BCUT2D eigenvalue weighted by molar-refractivity contribution is 0.0697. The second kappa shape index (κ2) is 5.00. The van der Waals surface area contributed by atoms with Gasteiger partial charge >= 0.3 is 5.97 Å². The van der Waals surface area contributed by atoms with Crippen molar-refractivity contribution >= 4 is 5.97 Å². The van der Waals surface area contributed by atoms with Gasteiger partial charge < -0.3 is 9.84 Å². The quantitative estimate of drug-likeness (QED) is 0.914. The van der Waals surface area contributed by atoms with Gasteiger partial charge in [0.15, 0.2) is 0 Å². The van der Waals surface area contributed by atoms with Crippen LogP contribution >= 0.6 is 0 Å². The van der Waals surface area contributed by atoms with Crippen molar-refractivity contribution in [1.29, 1.82) is 0 Å². The second-order valence-corrected chi connectivity index (χ2v) is 5.20. The molecule has 1 aliphatic rings. The highest BCUT2D eigenvalue weighted by molar-refractivity contribution is 5.96. The molecule has 2 aromatic carbocycles. The molecule has 20 heavy (non-hydrogen) atoms. The number of rotatable bonds is 4. The average molecular weight is 268 g/mol. The third kappa shape index (κ3) is 2.67. The Morgan fingerprint density at radius 3 is 2.70 bits per heavy atom. The lowest BCUT2D eigenvalue weighted by atomic mass is 9.97. The van der Waals surface area contributed by atoms with Crippen LogP contribution in [0.1, 0.15) is 28.8 Å². The number of aromatic carboxylic acids is 1. The van der Waals surface area contributed by atoms with Gasteiger partial charge in [-0.25, -0.2) is 4.79 Å². The van der Waals surface area contributed by atoms with E-state index in [9.17, 15) is 9.90 Å². The molecule has 2 aromatic rings. The van der Waals surface area contributed by atoms with Gasteiger partial charge in [-0.3, -0.25) is 0 Å². The number of benzene rings is 2. The number of carboxylic acid groups (broad SMARTS) is 1. The summed E-state index contributed by atoms with van der Waals surface area (Å²) < 4.78 is 5.77. The van der Waals surface area contributed by atoms with Crippen LogP contribution in [0.4, 0.5) is 0 Å². The summed E-state index contributed by atoms with van der Waals surface area (Å²) in [5.41, 5.74) is 2.97. The number of hydrogen-bond donors (Lipinski definition) is 1. The van der Waals surface area contributed by atoms with E-state index in [0.717, 1.165) is 35.3 Å². The molecule has 0 atom stereocenters. The summed E-state index contributed by atoms with van der Waals surface area (Å²) in [5, 5.41) is 9.31. The van der Waals surface area contributed by atoms with Crippen LogP contribution in [0.2, 0.25) is 0 Å². The van der Waals surface area contributed by atoms with E-state index in [2.05, 4.69) is 0 Å². The SMILES string of the molecule is Cc1ccc(C(=O)O)c(-c2cccc(OC3CC3)c2)c1. The van der Waals surface area contributed by atoms with Crippen LogP contribution in [0.3, 0.4) is 0 Å². The Labute approximate surface area is 117 Å². The zero-order chi connectivity index (χ0) is 14.1. The predicted octanol–water partition coefficient (Wildman–Crippen LogP) is 3.90. The molecule has 0 radical (unpaired) electrons. The van der Waals surface area contributed by atoms with E-state index < -0.39 is 5.97 Å². The largest absolute Gasteiger partial charge is 0.490 e. The molecule has 0 heterocycles. The summed E-state index contributed by atoms with van der Waals surface area (Å²) in [7, 11) is 0. The fourth-order valence-electron chi connectivity index (χ4n) is 2.20. The highest BCUT2D eigenvalue weighted by atomic mass is 16.5. The van der Waals surface area contributed by atoms with Gasteiger partial charge in [-0.05, 0) is 49.1 Å². The molecule has 1 aliphatic carbocycles. The van der Waals surface area contributed by atoms with Crippen molar-refractivity contribution in [3.8, 4) is 16.9 Å². The van der Waals surface area contributed by atoms with Crippen molar-refractivity contribution in [2.75, 3.05) is 0 Å². The monoisotopic (exact) mass is 268 g/mol. The van der Waals surface area contributed by atoms with Gasteiger partial charge in [0.1, 0.15) is 5.75 Å². The van der Waals surface area contributed by atoms with E-state index in [-0.39, 0.29) is 0 Å². The Morgan fingerprint density at radius 1 is 1.20 bits per heavy atom. The first-order valence-electron chi connectivity index (χ1n) is 6.74. The molecule has 3 rings (SSSR count). The minimum Gasteiger partial charge on any atom is -0.490 e. The zero-order valence-corrected chi connectivity index (χ0v) is 11.3. The summed E-state index contributed by atoms with van der Waals surface area (Å²) in [6.07, 6.45) is 2.55. The molecule has 102 valence electrons. The number of carboxylic acids is 1. The van der Waals surface area contributed by atoms with Gasteiger partial charge in [0.2, 0.25) is 0 Å². The van der Waals surface area contributed by atoms with Crippen molar-refractivity contribution < 1.29 is 14.6 Å². The maximum absolute atomic E-state index is 11.3. The molecular formula is C17H16O3. The maximum atomic E-state index is 11.3. The highest BCUT2D eigenvalue weighted by Gasteiger charge is 2.23. The molecule has 1 saturated carbocycles. The van der Waals surface area contributed by atoms with E-state index in [0.29, 0.717) is 11.7 Å². The molecule has 0 saturated heterocycles. The van der Waals surface area contributed by atoms with E-state index in [4.69, 9.17) is 4.74 Å². The normalized spacial score (nSPS) is 14.1. The van der Waals surface area contributed by atoms with Crippen LogP contribution in [0.5, 0.6) is 5.75 Å². The first kappa shape index (κ1) is 12.7. The van der Waals surface area contributed by atoms with Gasteiger partial charge in [0.25, 0.3) is 0 Å². The lowest BCUT2D eigenvalue weighted by Crippen LogP contribution is -2.00. The number of carbonyl (C=O) groups is 1. The predicted molar refractivity (Wildman–Crippen MR) is 77.2 cm³/mol. The first-order chi connectivity index (χ1) is 9.63. The van der Waals surface area contributed by atoms with Gasteiger partial charge in [0, 0.05) is 0 Å². The summed E-state index contributed by atoms with van der Waals surface area (Å²) in [5.74, 6) is -0.101. The Bertz CT molecular complexity index is 657. The molecule has 0 bridgehead atoms. The molecule has 3 heteroatoms. The third-order valence-corrected chi connectivity index (χ3v) is 3.38. The molecule has 0 unspecified atom stereocenters. The minimum atomic E-state index is -0.909. The van der Waals surface area contributed by atoms with E-state index >= 15 is 0 Å². The number of aryl methyl sites for hydroxylation is 1. The summed E-state index contributed by atoms with van der Waals surface area (Å²) in [6.45, 7) is 1.96. The van der Waals surface area contributed by atoms with E-state index in [1.54, 1.807) is 6.07 Å². The standard InChI is InChI=1S/C17H16O3/c1-11-5-8-15(17(18)19)16(9-11)12-3-2-4-14(10-12)20-13-6-7-13/h2-5,8-10,13H,6-7H2,1H3,(H,18,19). The van der Waals surface area contributed by atoms with Crippen LogP contribution in [0.15, 0.2) is 42.5 Å². The number of ether oxygens (including phenoxy) is 1. The molecule has 1 fully saturated rings.